The van der Waals surface area contributed by atoms with Gasteiger partial charge in [-0.05, 0) is 86.4 Å². The molecule has 0 spiro atoms. The summed E-state index contributed by atoms with van der Waals surface area (Å²) in [6, 6.07) is 8.23. The van der Waals surface area contributed by atoms with E-state index in [1.165, 1.54) is 36.4 Å². The minimum atomic E-state index is -3.87. The summed E-state index contributed by atoms with van der Waals surface area (Å²) in [6.45, 7) is 1.20. The van der Waals surface area contributed by atoms with Crippen molar-refractivity contribution in [1.82, 2.24) is 0 Å². The normalized spacial score (nSPS) is 27.3. The molecular weight excluding hydrogens is 457 g/mol. The third kappa shape index (κ3) is 3.94. The second kappa shape index (κ2) is 8.41. The number of hydrogen-bond donors (Lipinski definition) is 3. The highest BCUT2D eigenvalue weighted by Gasteiger charge is 2.55. The number of aryl methyl sites for hydroxylation is 1. The first-order chi connectivity index (χ1) is 15.1. The van der Waals surface area contributed by atoms with Crippen LogP contribution in [0.15, 0.2) is 41.3 Å². The molecule has 2 saturated carbocycles. The Balaban J connectivity index is 1.59. The predicted molar refractivity (Wildman–Crippen MR) is 119 cm³/mol. The first-order valence-corrected chi connectivity index (χ1v) is 12.4. The van der Waals surface area contributed by atoms with Crippen LogP contribution >= 0.6 is 11.6 Å². The van der Waals surface area contributed by atoms with Crippen LogP contribution in [0.3, 0.4) is 0 Å². The number of aliphatic hydroxyl groups is 2. The van der Waals surface area contributed by atoms with Gasteiger partial charge in [-0.3, -0.25) is 4.79 Å². The van der Waals surface area contributed by atoms with Gasteiger partial charge in [-0.15, -0.1) is 0 Å². The maximum absolute atomic E-state index is 13.5. The van der Waals surface area contributed by atoms with Gasteiger partial charge in [0.2, 0.25) is 0 Å². The van der Waals surface area contributed by atoms with Gasteiger partial charge in [0.15, 0.2) is 9.84 Å². The molecule has 172 valence electrons. The van der Waals surface area contributed by atoms with E-state index in [1.54, 1.807) is 6.92 Å². The predicted octanol–water partition coefficient (Wildman–Crippen LogP) is 3.73. The molecule has 2 bridgehead atoms. The van der Waals surface area contributed by atoms with E-state index < -0.39 is 32.4 Å². The van der Waals surface area contributed by atoms with Crippen molar-refractivity contribution in [1.29, 1.82) is 0 Å². The Bertz CT molecular complexity index is 1150. The molecule has 4 rings (SSSR count). The van der Waals surface area contributed by atoms with Crippen molar-refractivity contribution in [2.75, 3.05) is 11.9 Å². The lowest BCUT2D eigenvalue weighted by Crippen LogP contribution is -2.50. The van der Waals surface area contributed by atoms with E-state index in [-0.39, 0.29) is 46.8 Å². The van der Waals surface area contributed by atoms with Crippen molar-refractivity contribution in [2.24, 2.45) is 11.8 Å². The molecule has 0 aromatic heterocycles. The van der Waals surface area contributed by atoms with E-state index in [1.807, 2.05) is 0 Å². The van der Waals surface area contributed by atoms with Gasteiger partial charge in [-0.2, -0.15) is 0 Å². The van der Waals surface area contributed by atoms with Crippen LogP contribution in [0.4, 0.5) is 10.1 Å². The average molecular weight is 482 g/mol. The standard InChI is InChI=1S/C23H25ClFNO5S/c1-13-8-17(5-7-20(13)25)26-22(28)14-2-6-19(24)21(9-14)32(30,31)18-10-15-3-4-16(11-18)23(15,29)12-27/h2,5-9,15-16,18,27,29H,3-4,10-12H2,1H3,(H,26,28). The number of fused-ring (bicyclic) bond motifs is 2. The van der Waals surface area contributed by atoms with E-state index in [0.717, 1.165) is 0 Å². The molecule has 9 heteroatoms. The summed E-state index contributed by atoms with van der Waals surface area (Å²) in [7, 11) is -3.87. The van der Waals surface area contributed by atoms with E-state index in [4.69, 9.17) is 11.6 Å². The summed E-state index contributed by atoms with van der Waals surface area (Å²) in [6.07, 6.45) is 1.80. The van der Waals surface area contributed by atoms with Crippen molar-refractivity contribution in [3.63, 3.8) is 0 Å². The minimum Gasteiger partial charge on any atom is -0.393 e. The molecule has 2 unspecified atom stereocenters. The zero-order chi connectivity index (χ0) is 23.3. The highest BCUT2D eigenvalue weighted by atomic mass is 35.5. The van der Waals surface area contributed by atoms with Gasteiger partial charge in [-0.1, -0.05) is 11.6 Å². The molecule has 2 aromatic rings. The largest absolute Gasteiger partial charge is 0.393 e. The maximum Gasteiger partial charge on any atom is 0.255 e. The highest BCUT2D eigenvalue weighted by molar-refractivity contribution is 7.92. The number of benzene rings is 2. The number of rotatable bonds is 5. The maximum atomic E-state index is 13.5. The first-order valence-electron chi connectivity index (χ1n) is 10.5. The van der Waals surface area contributed by atoms with Crippen LogP contribution in [-0.2, 0) is 9.84 Å². The lowest BCUT2D eigenvalue weighted by atomic mass is 9.75. The van der Waals surface area contributed by atoms with Crippen LogP contribution in [0.5, 0.6) is 0 Å². The van der Waals surface area contributed by atoms with E-state index in [9.17, 15) is 27.8 Å². The summed E-state index contributed by atoms with van der Waals surface area (Å²) in [5.41, 5.74) is -0.358. The molecule has 0 aliphatic heterocycles. The minimum absolute atomic E-state index is 0.0227. The molecule has 3 N–H and O–H groups in total. The van der Waals surface area contributed by atoms with Crippen LogP contribution in [-0.4, -0.2) is 42.0 Å². The number of sulfone groups is 1. The third-order valence-corrected chi connectivity index (χ3v) is 9.64. The van der Waals surface area contributed by atoms with Gasteiger partial charge in [0.25, 0.3) is 5.91 Å². The molecule has 0 saturated heterocycles. The summed E-state index contributed by atoms with van der Waals surface area (Å²) < 4.78 is 40.4. The summed E-state index contributed by atoms with van der Waals surface area (Å²) in [5.74, 6) is -1.52. The highest BCUT2D eigenvalue weighted by Crippen LogP contribution is 2.51. The third-order valence-electron chi connectivity index (χ3n) is 6.98. The number of carbonyl (C=O) groups excluding carboxylic acids is 1. The summed E-state index contributed by atoms with van der Waals surface area (Å²) >= 11 is 6.23. The monoisotopic (exact) mass is 481 g/mol. The van der Waals surface area contributed by atoms with Gasteiger partial charge in [0.1, 0.15) is 5.82 Å². The molecule has 6 nitrogen and oxygen atoms in total. The fraction of sp³-hybridized carbons (Fsp3) is 0.435. The van der Waals surface area contributed by atoms with Gasteiger partial charge in [-0.25, -0.2) is 12.8 Å². The number of carbonyl (C=O) groups is 1. The fourth-order valence-electron chi connectivity index (χ4n) is 5.09. The molecule has 0 radical (unpaired) electrons. The molecule has 2 atom stereocenters. The molecule has 32 heavy (non-hydrogen) atoms. The van der Waals surface area contributed by atoms with Gasteiger partial charge in [0, 0.05) is 11.3 Å². The fourth-order valence-corrected chi connectivity index (χ4v) is 7.49. The lowest BCUT2D eigenvalue weighted by Gasteiger charge is -2.41. The van der Waals surface area contributed by atoms with Crippen molar-refractivity contribution < 1.29 is 27.8 Å². The van der Waals surface area contributed by atoms with Crippen LogP contribution in [0.2, 0.25) is 5.02 Å². The number of amides is 1. The second-order valence-corrected chi connectivity index (χ2v) is 11.4. The Hall–Kier alpha value is -2.00. The molecule has 2 aliphatic rings. The number of nitrogens with one attached hydrogen (secondary N) is 1. The second-order valence-electron chi connectivity index (χ2n) is 8.82. The Morgan fingerprint density at radius 2 is 1.84 bits per heavy atom. The van der Waals surface area contributed by atoms with Gasteiger partial charge >= 0.3 is 0 Å². The van der Waals surface area contributed by atoms with Crippen LogP contribution in [0.1, 0.15) is 41.6 Å². The Kier molecular flexibility index (Phi) is 6.09. The molecule has 1 amide bonds. The molecular formula is C23H25ClFNO5S. The van der Waals surface area contributed by atoms with E-state index >= 15 is 0 Å². The van der Waals surface area contributed by atoms with Crippen molar-refractivity contribution in [3.8, 4) is 0 Å². The number of aliphatic hydroxyl groups excluding tert-OH is 1. The van der Waals surface area contributed by atoms with Crippen LogP contribution in [0, 0.1) is 24.6 Å². The van der Waals surface area contributed by atoms with Gasteiger partial charge in [0.05, 0.1) is 27.4 Å². The Morgan fingerprint density at radius 3 is 2.44 bits per heavy atom. The Morgan fingerprint density at radius 1 is 1.19 bits per heavy atom. The molecule has 0 heterocycles. The zero-order valence-electron chi connectivity index (χ0n) is 17.5. The van der Waals surface area contributed by atoms with Crippen molar-refractivity contribution >= 4 is 33.0 Å². The molecule has 2 aliphatic carbocycles. The Labute approximate surface area is 191 Å². The summed E-state index contributed by atoms with van der Waals surface area (Å²) in [4.78, 5) is 12.6. The van der Waals surface area contributed by atoms with Crippen LogP contribution in [0.25, 0.3) is 0 Å². The topological polar surface area (TPSA) is 104 Å². The van der Waals surface area contributed by atoms with Crippen molar-refractivity contribution in [3.05, 3.63) is 58.4 Å². The van der Waals surface area contributed by atoms with Gasteiger partial charge < -0.3 is 15.5 Å². The van der Waals surface area contributed by atoms with E-state index in [0.29, 0.717) is 24.1 Å². The first kappa shape index (κ1) is 23.2. The van der Waals surface area contributed by atoms with Crippen LogP contribution < -0.4 is 5.32 Å². The lowest BCUT2D eigenvalue weighted by molar-refractivity contribution is -0.0943. The molecule has 2 fully saturated rings. The average Bonchev–Trinajstić information content (AvgIpc) is 2.92. The number of anilines is 1. The van der Waals surface area contributed by atoms with E-state index in [2.05, 4.69) is 5.32 Å². The quantitative estimate of drug-likeness (QED) is 0.603. The number of hydrogen-bond acceptors (Lipinski definition) is 5. The smallest absolute Gasteiger partial charge is 0.255 e. The number of halogens is 2. The van der Waals surface area contributed by atoms with Crippen molar-refractivity contribution in [2.45, 2.75) is 48.4 Å². The summed E-state index contributed by atoms with van der Waals surface area (Å²) in [5, 5.41) is 22.3. The molecule has 2 aromatic carbocycles. The zero-order valence-corrected chi connectivity index (χ0v) is 19.1. The SMILES string of the molecule is Cc1cc(NC(=O)c2ccc(Cl)c(S(=O)(=O)C3CC4CCC(C3)C4(O)CO)c2)ccc1F.